The number of hydrogen-bond donors (Lipinski definition) is 0. The second-order valence-corrected chi connectivity index (χ2v) is 15.9. The lowest BCUT2D eigenvalue weighted by Gasteiger charge is -2.26. The van der Waals surface area contributed by atoms with Crippen LogP contribution in [0.5, 0.6) is 0 Å². The maximum Gasteiger partial charge on any atom is 0.180 e. The normalized spacial score (nSPS) is 11.4. The van der Waals surface area contributed by atoms with E-state index in [2.05, 4.69) is 231 Å². The Hall–Kier alpha value is -8.74. The van der Waals surface area contributed by atoms with E-state index < -0.39 is 0 Å². The molecule has 0 fully saturated rings. The van der Waals surface area contributed by atoms with Crippen molar-refractivity contribution in [3.05, 3.63) is 237 Å². The van der Waals surface area contributed by atoms with Gasteiger partial charge in [-0.05, 0) is 120 Å². The van der Waals surface area contributed by atoms with Crippen LogP contribution in [-0.2, 0) is 0 Å². The largest absolute Gasteiger partial charge is 0.452 e. The molecule has 3 aromatic heterocycles. The van der Waals surface area contributed by atoms with Crippen molar-refractivity contribution >= 4 is 78.0 Å². The van der Waals surface area contributed by atoms with Crippen molar-refractivity contribution in [1.29, 1.82) is 0 Å². The Balaban J connectivity index is 0.978. The van der Waals surface area contributed by atoms with Crippen molar-refractivity contribution < 1.29 is 4.42 Å². The SMILES string of the molecule is c1ccc(N(c2ccccc2)c2ccc3c(c2)c2cc(N(c4ccccc4)c4ccccc4)ccc2n3-c2ccc(-c3ccc(-c4ncnc5c4oc4ccccc45)cc3)cc2)cc1. The second-order valence-electron chi connectivity index (χ2n) is 15.9. The molecule has 64 heavy (non-hydrogen) atoms. The molecule has 0 N–H and O–H groups in total. The average Bonchev–Trinajstić information content (AvgIpc) is 3.91. The van der Waals surface area contributed by atoms with Crippen LogP contribution in [0.3, 0.4) is 0 Å². The van der Waals surface area contributed by atoms with Crippen LogP contribution in [0.4, 0.5) is 34.1 Å². The number of rotatable bonds is 9. The fourth-order valence-electron chi connectivity index (χ4n) is 9.11. The van der Waals surface area contributed by atoms with Crippen LogP contribution < -0.4 is 9.80 Å². The van der Waals surface area contributed by atoms with Gasteiger partial charge in [-0.2, -0.15) is 0 Å². The zero-order chi connectivity index (χ0) is 42.4. The molecule has 0 saturated heterocycles. The average molecular weight is 822 g/mol. The molecule has 3 heterocycles. The third kappa shape index (κ3) is 6.44. The molecule has 6 heteroatoms. The van der Waals surface area contributed by atoms with E-state index in [0.717, 1.165) is 100 Å². The van der Waals surface area contributed by atoms with E-state index in [1.807, 2.05) is 24.3 Å². The fourth-order valence-corrected chi connectivity index (χ4v) is 9.11. The van der Waals surface area contributed by atoms with Gasteiger partial charge in [-0.3, -0.25) is 0 Å². The molecule has 0 radical (unpaired) electrons. The minimum Gasteiger partial charge on any atom is -0.452 e. The van der Waals surface area contributed by atoms with E-state index in [9.17, 15) is 0 Å². The minimum atomic E-state index is 0.701. The van der Waals surface area contributed by atoms with E-state index in [-0.39, 0.29) is 0 Å². The van der Waals surface area contributed by atoms with Gasteiger partial charge in [-0.1, -0.05) is 121 Å². The van der Waals surface area contributed by atoms with Crippen LogP contribution in [0.25, 0.3) is 71.9 Å². The van der Waals surface area contributed by atoms with Crippen molar-refractivity contribution in [3.8, 4) is 28.1 Å². The highest BCUT2D eigenvalue weighted by molar-refractivity contribution is 6.12. The lowest BCUT2D eigenvalue weighted by atomic mass is 10.0. The Labute approximate surface area is 370 Å². The predicted molar refractivity (Wildman–Crippen MR) is 264 cm³/mol. The molecule has 0 spiro atoms. The standard InChI is InChI=1S/C58H39N5O/c1-5-15-43(16-6-1)61(44-17-7-2-8-18-44)48-33-35-53-51(37-48)52-38-49(62(45-19-9-3-10-20-45)46-21-11-4-12-22-46)34-36-54(52)63(53)47-31-29-41(30-32-47)40-25-27-42(28-26-40)56-58-57(60-39-59-56)50-23-13-14-24-55(50)64-58/h1-39H. The zero-order valence-electron chi connectivity index (χ0n) is 34.7. The summed E-state index contributed by atoms with van der Waals surface area (Å²) in [6.45, 7) is 0. The minimum absolute atomic E-state index is 0.701. The van der Waals surface area contributed by atoms with E-state index in [1.165, 1.54) is 0 Å². The summed E-state index contributed by atoms with van der Waals surface area (Å²) < 4.78 is 8.64. The van der Waals surface area contributed by atoms with Gasteiger partial charge in [0.2, 0.25) is 0 Å². The maximum atomic E-state index is 6.25. The quantitative estimate of drug-likeness (QED) is 0.145. The number of anilines is 6. The number of hydrogen-bond acceptors (Lipinski definition) is 5. The van der Waals surface area contributed by atoms with Crippen LogP contribution in [-0.4, -0.2) is 14.5 Å². The molecule has 0 aliphatic rings. The van der Waals surface area contributed by atoms with Gasteiger partial charge in [0.25, 0.3) is 0 Å². The molecule has 0 saturated carbocycles. The molecule has 0 aliphatic carbocycles. The summed E-state index contributed by atoms with van der Waals surface area (Å²) in [7, 11) is 0. The number of fused-ring (bicyclic) bond motifs is 6. The van der Waals surface area contributed by atoms with Crippen LogP contribution >= 0.6 is 0 Å². The van der Waals surface area contributed by atoms with E-state index in [4.69, 9.17) is 4.42 Å². The first-order valence-corrected chi connectivity index (χ1v) is 21.5. The Kier molecular flexibility index (Phi) is 9.05. The Morgan fingerprint density at radius 1 is 0.359 bits per heavy atom. The van der Waals surface area contributed by atoms with Gasteiger partial charge in [0.15, 0.2) is 5.58 Å². The van der Waals surface area contributed by atoms with Crippen LogP contribution in [0.2, 0.25) is 0 Å². The first-order chi connectivity index (χ1) is 31.7. The first kappa shape index (κ1) is 37.1. The highest BCUT2D eigenvalue weighted by Crippen LogP contribution is 2.43. The number of nitrogens with zero attached hydrogens (tertiary/aromatic N) is 5. The monoisotopic (exact) mass is 821 g/mol. The van der Waals surface area contributed by atoms with Crippen LogP contribution in [0, 0.1) is 0 Å². The van der Waals surface area contributed by atoms with E-state index >= 15 is 0 Å². The topological polar surface area (TPSA) is 50.3 Å². The van der Waals surface area contributed by atoms with Gasteiger partial charge >= 0.3 is 0 Å². The zero-order valence-corrected chi connectivity index (χ0v) is 34.7. The van der Waals surface area contributed by atoms with Crippen LogP contribution in [0.1, 0.15) is 0 Å². The number of para-hydroxylation sites is 5. The Bertz CT molecular complexity index is 3370. The van der Waals surface area contributed by atoms with Crippen molar-refractivity contribution in [2.75, 3.05) is 9.80 Å². The fraction of sp³-hybridized carbons (Fsp3) is 0. The summed E-state index contributed by atoms with van der Waals surface area (Å²) >= 11 is 0. The van der Waals surface area contributed by atoms with Crippen molar-refractivity contribution in [2.24, 2.45) is 0 Å². The summed E-state index contributed by atoms with van der Waals surface area (Å²) in [4.78, 5) is 13.9. The summed E-state index contributed by atoms with van der Waals surface area (Å²) in [6, 6.07) is 81.5. The van der Waals surface area contributed by atoms with Gasteiger partial charge in [0.1, 0.15) is 23.1 Å². The molecule has 12 aromatic rings. The molecule has 12 rings (SSSR count). The molecule has 9 aromatic carbocycles. The van der Waals surface area contributed by atoms with Gasteiger partial charge in [0.05, 0.1) is 11.0 Å². The number of furan rings is 1. The highest BCUT2D eigenvalue weighted by atomic mass is 16.3. The summed E-state index contributed by atoms with van der Waals surface area (Å²) in [6.07, 6.45) is 1.62. The third-order valence-electron chi connectivity index (χ3n) is 12.1. The Morgan fingerprint density at radius 3 is 1.30 bits per heavy atom. The smallest absolute Gasteiger partial charge is 0.180 e. The van der Waals surface area contributed by atoms with E-state index in [0.29, 0.717) is 5.58 Å². The lowest BCUT2D eigenvalue weighted by Crippen LogP contribution is -2.09. The molecular formula is C58H39N5O. The predicted octanol–water partition coefficient (Wildman–Crippen LogP) is 15.7. The molecule has 0 bridgehead atoms. The lowest BCUT2D eigenvalue weighted by molar-refractivity contribution is 0.667. The molecule has 6 nitrogen and oxygen atoms in total. The van der Waals surface area contributed by atoms with Crippen molar-refractivity contribution in [1.82, 2.24) is 14.5 Å². The molecule has 0 unspecified atom stereocenters. The highest BCUT2D eigenvalue weighted by Gasteiger charge is 2.20. The van der Waals surface area contributed by atoms with Gasteiger partial charge in [-0.15, -0.1) is 0 Å². The third-order valence-corrected chi connectivity index (χ3v) is 12.1. The molecule has 0 amide bonds. The van der Waals surface area contributed by atoms with Crippen molar-refractivity contribution in [3.63, 3.8) is 0 Å². The Morgan fingerprint density at radius 2 is 0.797 bits per heavy atom. The summed E-state index contributed by atoms with van der Waals surface area (Å²) in [5.74, 6) is 0. The van der Waals surface area contributed by atoms with Gasteiger partial charge in [-0.25, -0.2) is 9.97 Å². The van der Waals surface area contributed by atoms with Gasteiger partial charge in [0, 0.05) is 61.5 Å². The van der Waals surface area contributed by atoms with E-state index in [1.54, 1.807) is 6.33 Å². The van der Waals surface area contributed by atoms with Crippen molar-refractivity contribution in [2.45, 2.75) is 0 Å². The first-order valence-electron chi connectivity index (χ1n) is 21.5. The number of aromatic nitrogens is 3. The maximum absolute atomic E-state index is 6.25. The van der Waals surface area contributed by atoms with Gasteiger partial charge < -0.3 is 18.8 Å². The molecule has 0 atom stereocenters. The summed E-state index contributed by atoms with van der Waals surface area (Å²) in [5, 5.41) is 3.31. The summed E-state index contributed by atoms with van der Waals surface area (Å²) in [5.41, 5.74) is 16.2. The second kappa shape index (κ2) is 15.6. The number of benzene rings is 9. The molecule has 302 valence electrons. The molecule has 0 aliphatic heterocycles. The van der Waals surface area contributed by atoms with Crippen LogP contribution in [0.15, 0.2) is 241 Å². The molecular weight excluding hydrogens is 783 g/mol.